The van der Waals surface area contributed by atoms with Gasteiger partial charge in [-0.2, -0.15) is 0 Å². The largest absolute Gasteiger partial charge is 0.290 e. The highest BCUT2D eigenvalue weighted by atomic mass is 19.1. The maximum absolute atomic E-state index is 13.0. The minimum atomic E-state index is -0.337. The maximum Gasteiger partial charge on any atom is 0.178 e. The van der Waals surface area contributed by atoms with Gasteiger partial charge in [0.1, 0.15) is 5.82 Å². The van der Waals surface area contributed by atoms with Crippen LogP contribution in [0.4, 0.5) is 4.39 Å². The second-order valence-corrected chi connectivity index (χ2v) is 2.46. The molecule has 0 fully saturated rings. The fourth-order valence-electron chi connectivity index (χ4n) is 0.850. The molecule has 1 nitrogen and oxygen atoms in total. The highest BCUT2D eigenvalue weighted by Crippen LogP contribution is 2.07. The van der Waals surface area contributed by atoms with Crippen LogP contribution in [0.2, 0.25) is 0 Å². The Morgan fingerprint density at radius 2 is 2.08 bits per heavy atom. The summed E-state index contributed by atoms with van der Waals surface area (Å²) in [5, 5.41) is 0. The summed E-state index contributed by atoms with van der Waals surface area (Å²) in [6.45, 7) is 3.30. The lowest BCUT2D eigenvalue weighted by molar-refractivity contribution is -0.110. The van der Waals surface area contributed by atoms with Crippen molar-refractivity contribution in [1.29, 1.82) is 0 Å². The van der Waals surface area contributed by atoms with Gasteiger partial charge in [-0.25, -0.2) is 4.39 Å². The first-order valence-electron chi connectivity index (χ1n) is 3.83. The zero-order valence-corrected chi connectivity index (χ0v) is 7.03. The van der Waals surface area contributed by atoms with Crippen molar-refractivity contribution in [3.05, 3.63) is 54.4 Å². The molecule has 0 aliphatic carbocycles. The van der Waals surface area contributed by atoms with Gasteiger partial charge in [-0.05, 0) is 24.3 Å². The Bertz CT molecular complexity index is 353. The van der Waals surface area contributed by atoms with Gasteiger partial charge in [0.05, 0.1) is 0 Å². The van der Waals surface area contributed by atoms with Crippen LogP contribution >= 0.6 is 0 Å². The van der Waals surface area contributed by atoms with Gasteiger partial charge in [-0.15, -0.1) is 0 Å². The van der Waals surface area contributed by atoms with Crippen LogP contribution in [0.1, 0.15) is 5.56 Å². The van der Waals surface area contributed by atoms with Gasteiger partial charge >= 0.3 is 0 Å². The number of carbonyl (C=O) groups excluding carboxylic acids is 1. The average molecular weight is 176 g/mol. The van der Waals surface area contributed by atoms with Crippen molar-refractivity contribution in [3.63, 3.8) is 0 Å². The van der Waals surface area contributed by atoms with Crippen LogP contribution in [0.25, 0.3) is 6.08 Å². The Hall–Kier alpha value is -1.70. The summed E-state index contributed by atoms with van der Waals surface area (Å²) in [5.74, 6) is -0.570. The molecular formula is C11H9FO. The number of rotatable bonds is 3. The molecule has 1 aromatic rings. The molecule has 0 N–H and O–H groups in total. The van der Waals surface area contributed by atoms with Gasteiger partial charge in [-0.3, -0.25) is 4.79 Å². The lowest BCUT2D eigenvalue weighted by Gasteiger charge is -1.93. The fraction of sp³-hybridized carbons (Fsp3) is 0. The summed E-state index contributed by atoms with van der Waals surface area (Å²) >= 11 is 0. The zero-order chi connectivity index (χ0) is 9.68. The van der Waals surface area contributed by atoms with Gasteiger partial charge < -0.3 is 0 Å². The molecule has 2 heteroatoms. The number of allylic oxidation sites excluding steroid dienone is 2. The van der Waals surface area contributed by atoms with Crippen molar-refractivity contribution in [1.82, 2.24) is 0 Å². The first-order valence-corrected chi connectivity index (χ1v) is 3.83. The van der Waals surface area contributed by atoms with E-state index in [1.165, 1.54) is 24.3 Å². The average Bonchev–Trinajstić information content (AvgIpc) is 2.16. The Morgan fingerprint density at radius 3 is 2.69 bits per heavy atom. The van der Waals surface area contributed by atoms with Crippen LogP contribution in [0, 0.1) is 5.82 Å². The van der Waals surface area contributed by atoms with Gasteiger partial charge in [0.25, 0.3) is 0 Å². The maximum atomic E-state index is 13.0. The normalized spacial score (nSPS) is 10.2. The molecule has 0 radical (unpaired) electrons. The number of ketones is 1. The summed E-state index contributed by atoms with van der Waals surface area (Å²) < 4.78 is 13.0. The van der Waals surface area contributed by atoms with Crippen LogP contribution in [0.3, 0.4) is 0 Å². The molecule has 1 rings (SSSR count). The van der Waals surface area contributed by atoms with Crippen molar-refractivity contribution >= 4 is 11.9 Å². The van der Waals surface area contributed by atoms with E-state index in [-0.39, 0.29) is 11.6 Å². The van der Waals surface area contributed by atoms with Crippen LogP contribution in [0.15, 0.2) is 43.0 Å². The molecule has 0 atom stereocenters. The molecule has 0 bridgehead atoms. The highest BCUT2D eigenvalue weighted by molar-refractivity contribution is 6.01. The van der Waals surface area contributed by atoms with Gasteiger partial charge in [0, 0.05) is 5.56 Å². The Kier molecular flexibility index (Phi) is 3.15. The van der Waals surface area contributed by atoms with E-state index in [1.54, 1.807) is 18.2 Å². The molecule has 0 saturated heterocycles. The molecule has 1 aromatic carbocycles. The standard InChI is InChI=1S/C11H9FO/c1-2-10(13)8-7-9-5-3-4-6-11(9)12/h2-8H,1H2. The first-order chi connectivity index (χ1) is 6.24. The zero-order valence-electron chi connectivity index (χ0n) is 7.03. The van der Waals surface area contributed by atoms with Crippen molar-refractivity contribution in [2.45, 2.75) is 0 Å². The van der Waals surface area contributed by atoms with E-state index in [2.05, 4.69) is 6.58 Å². The minimum Gasteiger partial charge on any atom is -0.290 e. The molecule has 66 valence electrons. The van der Waals surface area contributed by atoms with Crippen LogP contribution in [-0.2, 0) is 4.79 Å². The Labute approximate surface area is 76.2 Å². The Morgan fingerprint density at radius 1 is 1.38 bits per heavy atom. The van der Waals surface area contributed by atoms with Crippen molar-refractivity contribution in [2.24, 2.45) is 0 Å². The minimum absolute atomic E-state index is 0.233. The molecule has 0 aliphatic rings. The first kappa shape index (κ1) is 9.39. The third kappa shape index (κ3) is 2.67. The lowest BCUT2D eigenvalue weighted by Crippen LogP contribution is -1.84. The van der Waals surface area contributed by atoms with E-state index < -0.39 is 0 Å². The number of hydrogen-bond donors (Lipinski definition) is 0. The third-order valence-corrected chi connectivity index (χ3v) is 1.53. The van der Waals surface area contributed by atoms with Crippen LogP contribution in [0.5, 0.6) is 0 Å². The predicted octanol–water partition coefficient (Wildman–Crippen LogP) is 2.59. The molecule has 0 spiro atoms. The molecule has 0 aromatic heterocycles. The fourth-order valence-corrected chi connectivity index (χ4v) is 0.850. The van der Waals surface area contributed by atoms with Crippen molar-refractivity contribution in [3.8, 4) is 0 Å². The molecular weight excluding hydrogens is 167 g/mol. The SMILES string of the molecule is C=CC(=O)C=Cc1ccccc1F. The molecule has 0 heterocycles. The molecule has 13 heavy (non-hydrogen) atoms. The van der Waals surface area contributed by atoms with E-state index in [0.717, 1.165) is 0 Å². The molecule has 0 saturated carbocycles. The second-order valence-electron chi connectivity index (χ2n) is 2.46. The molecule has 0 amide bonds. The topological polar surface area (TPSA) is 17.1 Å². The lowest BCUT2D eigenvalue weighted by atomic mass is 10.2. The molecule has 0 aliphatic heterocycles. The number of carbonyl (C=O) groups is 1. The Balaban J connectivity index is 2.85. The number of halogens is 1. The van der Waals surface area contributed by atoms with Crippen LogP contribution < -0.4 is 0 Å². The highest BCUT2D eigenvalue weighted by Gasteiger charge is 1.95. The van der Waals surface area contributed by atoms with E-state index in [0.29, 0.717) is 5.56 Å². The van der Waals surface area contributed by atoms with Crippen LogP contribution in [-0.4, -0.2) is 5.78 Å². The van der Waals surface area contributed by atoms with Crippen molar-refractivity contribution in [2.75, 3.05) is 0 Å². The van der Waals surface area contributed by atoms with E-state index in [4.69, 9.17) is 0 Å². The van der Waals surface area contributed by atoms with Crippen molar-refractivity contribution < 1.29 is 9.18 Å². The van der Waals surface area contributed by atoms with E-state index >= 15 is 0 Å². The second kappa shape index (κ2) is 4.36. The predicted molar refractivity (Wildman–Crippen MR) is 50.6 cm³/mol. The summed E-state index contributed by atoms with van der Waals surface area (Å²) in [4.78, 5) is 10.8. The number of hydrogen-bond acceptors (Lipinski definition) is 1. The molecule has 0 unspecified atom stereocenters. The third-order valence-electron chi connectivity index (χ3n) is 1.53. The van der Waals surface area contributed by atoms with Gasteiger partial charge in [-0.1, -0.05) is 24.8 Å². The smallest absolute Gasteiger partial charge is 0.178 e. The van der Waals surface area contributed by atoms with E-state index in [1.807, 2.05) is 0 Å². The summed E-state index contributed by atoms with van der Waals surface area (Å²) in [6, 6.07) is 6.25. The quantitative estimate of drug-likeness (QED) is 0.647. The summed E-state index contributed by atoms with van der Waals surface area (Å²) in [6.07, 6.45) is 3.89. The monoisotopic (exact) mass is 176 g/mol. The summed E-state index contributed by atoms with van der Waals surface area (Å²) in [7, 11) is 0. The van der Waals surface area contributed by atoms with Gasteiger partial charge in [0.15, 0.2) is 5.78 Å². The van der Waals surface area contributed by atoms with Gasteiger partial charge in [0.2, 0.25) is 0 Å². The summed E-state index contributed by atoms with van der Waals surface area (Å²) in [5.41, 5.74) is 0.401. The number of benzene rings is 1. The van der Waals surface area contributed by atoms with E-state index in [9.17, 15) is 9.18 Å².